The van der Waals surface area contributed by atoms with Crippen LogP contribution in [-0.2, 0) is 0 Å². The van der Waals surface area contributed by atoms with Crippen molar-refractivity contribution in [3.8, 4) is 11.4 Å². The molecule has 0 radical (unpaired) electrons. The Morgan fingerprint density at radius 2 is 1.59 bits per heavy atom. The van der Waals surface area contributed by atoms with Crippen molar-refractivity contribution in [3.05, 3.63) is 107 Å². The van der Waals surface area contributed by atoms with Crippen molar-refractivity contribution in [2.75, 3.05) is 4.90 Å². The van der Waals surface area contributed by atoms with Crippen LogP contribution in [0, 0.1) is 0 Å². The van der Waals surface area contributed by atoms with Crippen LogP contribution in [0.4, 0.5) is 10.5 Å². The lowest BCUT2D eigenvalue weighted by atomic mass is 9.94. The van der Waals surface area contributed by atoms with Crippen LogP contribution >= 0.6 is 11.6 Å². The lowest BCUT2D eigenvalue weighted by Crippen LogP contribution is -2.46. The lowest BCUT2D eigenvalue weighted by molar-refractivity contribution is 0.244. The van der Waals surface area contributed by atoms with E-state index in [-0.39, 0.29) is 6.03 Å². The highest BCUT2D eigenvalue weighted by molar-refractivity contribution is 6.30. The Labute approximate surface area is 190 Å². The molecule has 32 heavy (non-hydrogen) atoms. The third-order valence-electron chi connectivity index (χ3n) is 5.39. The van der Waals surface area contributed by atoms with Gasteiger partial charge < -0.3 is 9.84 Å². The van der Waals surface area contributed by atoms with Gasteiger partial charge in [0.25, 0.3) is 5.89 Å². The molecule has 1 N–H and O–H groups in total. The highest BCUT2D eigenvalue weighted by atomic mass is 35.5. The number of hydrogen-bond acceptors (Lipinski definition) is 4. The van der Waals surface area contributed by atoms with Gasteiger partial charge in [-0.3, -0.25) is 4.90 Å². The summed E-state index contributed by atoms with van der Waals surface area (Å²) < 4.78 is 5.70. The minimum Gasteiger partial charge on any atom is -0.334 e. The van der Waals surface area contributed by atoms with E-state index in [0.29, 0.717) is 28.1 Å². The molecule has 1 aliphatic heterocycles. The van der Waals surface area contributed by atoms with Gasteiger partial charge in [0.15, 0.2) is 0 Å². The standard InChI is InChI=1S/C25H19ClN4O2/c1-16-21(24-28-23(29-32-24)18-10-6-3-7-11-18)22(17-8-4-2-5-9-17)27-25(31)30(16)20-14-12-19(26)13-15-20/h2-15,22H,1H3,(H,27,31). The predicted molar refractivity (Wildman–Crippen MR) is 124 cm³/mol. The Morgan fingerprint density at radius 3 is 2.28 bits per heavy atom. The van der Waals surface area contributed by atoms with Crippen molar-refractivity contribution < 1.29 is 9.32 Å². The molecule has 2 amide bonds. The third kappa shape index (κ3) is 3.65. The minimum atomic E-state index is -0.434. The smallest absolute Gasteiger partial charge is 0.326 e. The number of halogens is 1. The van der Waals surface area contributed by atoms with Crippen molar-refractivity contribution in [2.45, 2.75) is 13.0 Å². The van der Waals surface area contributed by atoms with Gasteiger partial charge >= 0.3 is 6.03 Å². The maximum atomic E-state index is 13.2. The van der Waals surface area contributed by atoms with Gasteiger partial charge in [0.1, 0.15) is 0 Å². The molecule has 5 rings (SSSR count). The van der Waals surface area contributed by atoms with Crippen LogP contribution in [0.2, 0.25) is 5.02 Å². The first-order chi connectivity index (χ1) is 15.6. The summed E-state index contributed by atoms with van der Waals surface area (Å²) in [7, 11) is 0. The van der Waals surface area contributed by atoms with Crippen LogP contribution in [0.25, 0.3) is 17.0 Å². The summed E-state index contributed by atoms with van der Waals surface area (Å²) in [4.78, 5) is 19.4. The van der Waals surface area contributed by atoms with Gasteiger partial charge in [0.2, 0.25) is 5.82 Å². The zero-order valence-corrected chi connectivity index (χ0v) is 18.0. The Hall–Kier alpha value is -3.90. The molecule has 158 valence electrons. The Bertz CT molecular complexity index is 1280. The topological polar surface area (TPSA) is 71.3 Å². The molecule has 3 aromatic carbocycles. The largest absolute Gasteiger partial charge is 0.334 e. The molecule has 7 heteroatoms. The molecule has 1 aromatic heterocycles. The molecule has 2 heterocycles. The predicted octanol–water partition coefficient (Wildman–Crippen LogP) is 6.09. The number of aromatic nitrogens is 2. The second-order valence-electron chi connectivity index (χ2n) is 7.39. The number of nitrogens with one attached hydrogen (secondary N) is 1. The summed E-state index contributed by atoms with van der Waals surface area (Å²) in [6.07, 6.45) is 0. The fraction of sp³-hybridized carbons (Fsp3) is 0.0800. The van der Waals surface area contributed by atoms with E-state index >= 15 is 0 Å². The van der Waals surface area contributed by atoms with E-state index in [0.717, 1.165) is 16.7 Å². The van der Waals surface area contributed by atoms with Crippen LogP contribution in [0.3, 0.4) is 0 Å². The SMILES string of the molecule is CC1=C(c2nc(-c3ccccc3)no2)C(c2ccccc2)NC(=O)N1c1ccc(Cl)cc1. The number of benzene rings is 3. The molecule has 0 fully saturated rings. The van der Waals surface area contributed by atoms with Crippen LogP contribution in [0.1, 0.15) is 24.4 Å². The first-order valence-electron chi connectivity index (χ1n) is 10.1. The van der Waals surface area contributed by atoms with E-state index in [1.54, 1.807) is 29.2 Å². The molecule has 1 atom stereocenters. The van der Waals surface area contributed by atoms with E-state index in [1.165, 1.54) is 0 Å². The fourth-order valence-corrected chi connectivity index (χ4v) is 3.98. The number of carbonyl (C=O) groups is 1. The number of anilines is 1. The van der Waals surface area contributed by atoms with Crippen molar-refractivity contribution in [3.63, 3.8) is 0 Å². The number of carbonyl (C=O) groups excluding carboxylic acids is 1. The fourth-order valence-electron chi connectivity index (χ4n) is 3.85. The highest BCUT2D eigenvalue weighted by Crippen LogP contribution is 2.39. The van der Waals surface area contributed by atoms with Crippen LogP contribution in [0.15, 0.2) is 95.1 Å². The van der Waals surface area contributed by atoms with Gasteiger partial charge in [-0.2, -0.15) is 4.98 Å². The third-order valence-corrected chi connectivity index (χ3v) is 5.64. The van der Waals surface area contributed by atoms with E-state index in [2.05, 4.69) is 15.5 Å². The molecule has 0 spiro atoms. The van der Waals surface area contributed by atoms with Gasteiger partial charge in [0.05, 0.1) is 17.3 Å². The molecular weight excluding hydrogens is 424 g/mol. The van der Waals surface area contributed by atoms with Crippen molar-refractivity contribution in [1.82, 2.24) is 15.5 Å². The molecule has 0 aliphatic carbocycles. The van der Waals surface area contributed by atoms with Crippen molar-refractivity contribution in [1.29, 1.82) is 0 Å². The Kier molecular flexibility index (Phi) is 5.21. The second kappa shape index (κ2) is 8.32. The zero-order chi connectivity index (χ0) is 22.1. The minimum absolute atomic E-state index is 0.245. The number of amides is 2. The van der Waals surface area contributed by atoms with Crippen molar-refractivity contribution >= 4 is 28.9 Å². The number of urea groups is 1. The Morgan fingerprint density at radius 1 is 0.938 bits per heavy atom. The van der Waals surface area contributed by atoms with Gasteiger partial charge in [0, 0.05) is 16.3 Å². The van der Waals surface area contributed by atoms with Crippen molar-refractivity contribution in [2.24, 2.45) is 0 Å². The number of nitrogens with zero attached hydrogens (tertiary/aromatic N) is 3. The molecule has 6 nitrogen and oxygen atoms in total. The summed E-state index contributed by atoms with van der Waals surface area (Å²) in [6, 6.07) is 25.8. The van der Waals surface area contributed by atoms with Gasteiger partial charge in [-0.05, 0) is 36.8 Å². The first-order valence-corrected chi connectivity index (χ1v) is 10.5. The maximum absolute atomic E-state index is 13.2. The molecule has 0 saturated heterocycles. The quantitative estimate of drug-likeness (QED) is 0.415. The molecule has 4 aromatic rings. The average Bonchev–Trinajstić information content (AvgIpc) is 3.31. The van der Waals surface area contributed by atoms with Crippen LogP contribution < -0.4 is 10.2 Å². The second-order valence-corrected chi connectivity index (χ2v) is 7.83. The number of allylic oxidation sites excluding steroid dienone is 1. The highest BCUT2D eigenvalue weighted by Gasteiger charge is 2.36. The molecular formula is C25H19ClN4O2. The summed E-state index contributed by atoms with van der Waals surface area (Å²) in [5, 5.41) is 7.87. The van der Waals surface area contributed by atoms with Gasteiger partial charge in [-0.25, -0.2) is 4.79 Å². The van der Waals surface area contributed by atoms with Crippen LogP contribution in [0.5, 0.6) is 0 Å². The zero-order valence-electron chi connectivity index (χ0n) is 17.2. The maximum Gasteiger partial charge on any atom is 0.326 e. The molecule has 0 saturated carbocycles. The lowest BCUT2D eigenvalue weighted by Gasteiger charge is -2.35. The monoisotopic (exact) mass is 442 g/mol. The Balaban J connectivity index is 1.65. The molecule has 0 bridgehead atoms. The summed E-state index contributed by atoms with van der Waals surface area (Å²) in [5.74, 6) is 0.844. The number of rotatable bonds is 4. The van der Waals surface area contributed by atoms with Crippen LogP contribution in [-0.4, -0.2) is 16.2 Å². The van der Waals surface area contributed by atoms with Gasteiger partial charge in [-0.1, -0.05) is 77.4 Å². The normalized spacial score (nSPS) is 16.2. The van der Waals surface area contributed by atoms with E-state index in [9.17, 15) is 4.79 Å². The first kappa shape index (κ1) is 20.0. The summed E-state index contributed by atoms with van der Waals surface area (Å²) >= 11 is 6.05. The molecule has 1 aliphatic rings. The summed E-state index contributed by atoms with van der Waals surface area (Å²) in [5.41, 5.74) is 3.90. The van der Waals surface area contributed by atoms with E-state index < -0.39 is 6.04 Å². The average molecular weight is 443 g/mol. The number of hydrogen-bond donors (Lipinski definition) is 1. The van der Waals surface area contributed by atoms with Gasteiger partial charge in [-0.15, -0.1) is 0 Å². The summed E-state index contributed by atoms with van der Waals surface area (Å²) in [6.45, 7) is 1.88. The molecule has 1 unspecified atom stereocenters. The van der Waals surface area contributed by atoms with E-state index in [4.69, 9.17) is 16.1 Å². The van der Waals surface area contributed by atoms with E-state index in [1.807, 2.05) is 67.6 Å².